The number of Topliss-reactive ketones (excluding diaryl/α,β-unsaturated/α-hetero) is 1. The number of ketones is 1. The van der Waals surface area contributed by atoms with Gasteiger partial charge in [0.15, 0.2) is 6.10 Å². The first-order valence-corrected chi connectivity index (χ1v) is 7.29. The van der Waals surface area contributed by atoms with Crippen molar-refractivity contribution < 1.29 is 9.53 Å². The average Bonchev–Trinajstić information content (AvgIpc) is 2.48. The number of carbonyl (C=O) groups is 1. The third-order valence-corrected chi connectivity index (χ3v) is 3.79. The van der Waals surface area contributed by atoms with E-state index >= 15 is 0 Å². The lowest BCUT2D eigenvalue weighted by molar-refractivity contribution is 0.0788. The summed E-state index contributed by atoms with van der Waals surface area (Å²) < 4.78 is 5.73. The Morgan fingerprint density at radius 2 is 1.90 bits per heavy atom. The fourth-order valence-corrected chi connectivity index (χ4v) is 2.20. The van der Waals surface area contributed by atoms with E-state index in [1.54, 1.807) is 30.3 Å². The number of hydrogen-bond acceptors (Lipinski definition) is 3. The van der Waals surface area contributed by atoms with Crippen LogP contribution in [0.2, 0.25) is 10.0 Å². The minimum atomic E-state index is -0.619. The molecule has 0 aliphatic heterocycles. The van der Waals surface area contributed by atoms with Gasteiger partial charge in [0, 0.05) is 5.56 Å². The molecular formula is C16H15Cl2NO2. The minimum absolute atomic E-state index is 0.153. The van der Waals surface area contributed by atoms with Gasteiger partial charge in [-0.2, -0.15) is 0 Å². The summed E-state index contributed by atoms with van der Waals surface area (Å²) in [6, 6.07) is 11.9. The summed E-state index contributed by atoms with van der Waals surface area (Å²) in [6.45, 7) is 1.87. The SMILES string of the molecule is CCC(Oc1ccccc1N)C(=O)c1ccc(Cl)c(Cl)c1. The van der Waals surface area contributed by atoms with Gasteiger partial charge in [0.05, 0.1) is 15.7 Å². The van der Waals surface area contributed by atoms with E-state index in [2.05, 4.69) is 0 Å². The molecular weight excluding hydrogens is 309 g/mol. The standard InChI is InChI=1S/C16H15Cl2NO2/c1-2-14(21-15-6-4-3-5-13(15)19)16(20)10-7-8-11(17)12(18)9-10/h3-9,14H,2,19H2,1H3. The molecule has 0 aliphatic rings. The molecule has 0 bridgehead atoms. The fourth-order valence-electron chi connectivity index (χ4n) is 1.90. The second kappa shape index (κ2) is 6.83. The largest absolute Gasteiger partial charge is 0.480 e. The number of rotatable bonds is 5. The minimum Gasteiger partial charge on any atom is -0.480 e. The Morgan fingerprint density at radius 1 is 1.19 bits per heavy atom. The fraction of sp³-hybridized carbons (Fsp3) is 0.188. The lowest BCUT2D eigenvalue weighted by atomic mass is 10.0. The maximum Gasteiger partial charge on any atom is 0.203 e. The summed E-state index contributed by atoms with van der Waals surface area (Å²) >= 11 is 11.8. The second-order valence-corrected chi connectivity index (χ2v) is 5.36. The van der Waals surface area contributed by atoms with Crippen LogP contribution >= 0.6 is 23.2 Å². The molecule has 0 aliphatic carbocycles. The second-order valence-electron chi connectivity index (χ2n) is 4.55. The zero-order chi connectivity index (χ0) is 15.4. The number of anilines is 1. The molecule has 2 rings (SSSR count). The van der Waals surface area contributed by atoms with E-state index in [1.807, 2.05) is 19.1 Å². The lowest BCUT2D eigenvalue weighted by Crippen LogP contribution is -2.27. The molecule has 5 heteroatoms. The number of hydrogen-bond donors (Lipinski definition) is 1. The van der Waals surface area contributed by atoms with E-state index in [-0.39, 0.29) is 5.78 Å². The van der Waals surface area contributed by atoms with Crippen LogP contribution in [-0.4, -0.2) is 11.9 Å². The van der Waals surface area contributed by atoms with Crippen molar-refractivity contribution >= 4 is 34.7 Å². The molecule has 1 atom stereocenters. The summed E-state index contributed by atoms with van der Waals surface area (Å²) in [5.41, 5.74) is 6.79. The highest BCUT2D eigenvalue weighted by Gasteiger charge is 2.21. The van der Waals surface area contributed by atoms with E-state index in [1.165, 1.54) is 0 Å². The van der Waals surface area contributed by atoms with Crippen LogP contribution in [0.4, 0.5) is 5.69 Å². The van der Waals surface area contributed by atoms with Gasteiger partial charge in [-0.15, -0.1) is 0 Å². The zero-order valence-electron chi connectivity index (χ0n) is 11.5. The molecule has 0 heterocycles. The number of halogens is 2. The van der Waals surface area contributed by atoms with Crippen LogP contribution in [0, 0.1) is 0 Å². The molecule has 1 unspecified atom stereocenters. The number of nitrogens with two attached hydrogens (primary N) is 1. The van der Waals surface area contributed by atoms with Crippen LogP contribution in [0.25, 0.3) is 0 Å². The maximum absolute atomic E-state index is 12.5. The monoisotopic (exact) mass is 323 g/mol. The predicted octanol–water partition coefficient (Wildman–Crippen LogP) is 4.62. The first-order chi connectivity index (χ1) is 10.0. The molecule has 110 valence electrons. The highest BCUT2D eigenvalue weighted by Crippen LogP contribution is 2.26. The molecule has 0 saturated carbocycles. The van der Waals surface area contributed by atoms with Crippen LogP contribution in [0.5, 0.6) is 5.75 Å². The van der Waals surface area contributed by atoms with Crippen LogP contribution in [-0.2, 0) is 0 Å². The van der Waals surface area contributed by atoms with Crippen molar-refractivity contribution in [3.63, 3.8) is 0 Å². The first-order valence-electron chi connectivity index (χ1n) is 6.53. The third-order valence-electron chi connectivity index (χ3n) is 3.06. The van der Waals surface area contributed by atoms with E-state index in [0.717, 1.165) is 0 Å². The maximum atomic E-state index is 12.5. The van der Waals surface area contributed by atoms with Gasteiger partial charge in [0.2, 0.25) is 5.78 Å². The Kier molecular flexibility index (Phi) is 5.10. The molecule has 21 heavy (non-hydrogen) atoms. The molecule has 2 N–H and O–H groups in total. The third kappa shape index (κ3) is 3.69. The lowest BCUT2D eigenvalue weighted by Gasteiger charge is -2.18. The highest BCUT2D eigenvalue weighted by atomic mass is 35.5. The van der Waals surface area contributed by atoms with Crippen molar-refractivity contribution in [2.75, 3.05) is 5.73 Å². The average molecular weight is 324 g/mol. The van der Waals surface area contributed by atoms with Crippen molar-refractivity contribution in [1.82, 2.24) is 0 Å². The quantitative estimate of drug-likeness (QED) is 0.645. The number of nitrogen functional groups attached to an aromatic ring is 1. The number of carbonyl (C=O) groups excluding carboxylic acids is 1. The van der Waals surface area contributed by atoms with Crippen LogP contribution in [0.1, 0.15) is 23.7 Å². The van der Waals surface area contributed by atoms with E-state index in [0.29, 0.717) is 33.5 Å². The number of para-hydroxylation sites is 2. The van der Waals surface area contributed by atoms with E-state index in [9.17, 15) is 4.79 Å². The van der Waals surface area contributed by atoms with Gasteiger partial charge in [-0.1, -0.05) is 42.3 Å². The van der Waals surface area contributed by atoms with Crippen molar-refractivity contribution in [1.29, 1.82) is 0 Å². The molecule has 0 amide bonds. The molecule has 2 aromatic carbocycles. The van der Waals surface area contributed by atoms with Gasteiger partial charge in [-0.3, -0.25) is 4.79 Å². The molecule has 0 fully saturated rings. The normalized spacial score (nSPS) is 12.0. The van der Waals surface area contributed by atoms with Gasteiger partial charge >= 0.3 is 0 Å². The van der Waals surface area contributed by atoms with Crippen LogP contribution in [0.3, 0.4) is 0 Å². The van der Waals surface area contributed by atoms with Crippen LogP contribution < -0.4 is 10.5 Å². The zero-order valence-corrected chi connectivity index (χ0v) is 13.0. The summed E-state index contributed by atoms with van der Waals surface area (Å²) in [4.78, 5) is 12.5. The van der Waals surface area contributed by atoms with Gasteiger partial charge < -0.3 is 10.5 Å². The number of benzene rings is 2. The topological polar surface area (TPSA) is 52.3 Å². The Hall–Kier alpha value is -1.71. The molecule has 0 radical (unpaired) electrons. The highest BCUT2D eigenvalue weighted by molar-refractivity contribution is 6.42. The molecule has 0 saturated heterocycles. The van der Waals surface area contributed by atoms with Gasteiger partial charge in [0.1, 0.15) is 5.75 Å². The first kappa shape index (κ1) is 15.7. The number of ether oxygens (including phenoxy) is 1. The van der Waals surface area contributed by atoms with Crippen LogP contribution in [0.15, 0.2) is 42.5 Å². The summed E-state index contributed by atoms with van der Waals surface area (Å²) in [5.74, 6) is 0.345. The van der Waals surface area contributed by atoms with Gasteiger partial charge in [-0.25, -0.2) is 0 Å². The Bertz CT molecular complexity index is 658. The smallest absolute Gasteiger partial charge is 0.203 e. The van der Waals surface area contributed by atoms with E-state index < -0.39 is 6.10 Å². The Balaban J connectivity index is 2.22. The Morgan fingerprint density at radius 3 is 2.52 bits per heavy atom. The molecule has 3 nitrogen and oxygen atoms in total. The van der Waals surface area contributed by atoms with Gasteiger partial charge in [-0.05, 0) is 36.8 Å². The summed E-state index contributed by atoms with van der Waals surface area (Å²) in [7, 11) is 0. The van der Waals surface area contributed by atoms with Gasteiger partial charge in [0.25, 0.3) is 0 Å². The summed E-state index contributed by atoms with van der Waals surface area (Å²) in [5, 5.41) is 0.756. The van der Waals surface area contributed by atoms with E-state index in [4.69, 9.17) is 33.7 Å². The summed E-state index contributed by atoms with van der Waals surface area (Å²) in [6.07, 6.45) is -0.0973. The van der Waals surface area contributed by atoms with Crippen molar-refractivity contribution in [3.05, 3.63) is 58.1 Å². The van der Waals surface area contributed by atoms with Crippen molar-refractivity contribution in [2.24, 2.45) is 0 Å². The predicted molar refractivity (Wildman–Crippen MR) is 86.4 cm³/mol. The molecule has 0 aromatic heterocycles. The van der Waals surface area contributed by atoms with Crippen molar-refractivity contribution in [3.8, 4) is 5.75 Å². The molecule has 0 spiro atoms. The van der Waals surface area contributed by atoms with Crippen molar-refractivity contribution in [2.45, 2.75) is 19.4 Å². The molecule has 2 aromatic rings. The Labute approximate surface area is 133 Å².